The van der Waals surface area contributed by atoms with E-state index in [1.807, 2.05) is 42.3 Å². The molecule has 162 valence electrons. The second-order valence-electron chi connectivity index (χ2n) is 7.32. The van der Waals surface area contributed by atoms with E-state index >= 15 is 0 Å². The molecule has 1 aliphatic rings. The molecule has 0 bridgehead atoms. The van der Waals surface area contributed by atoms with Crippen molar-refractivity contribution < 1.29 is 9.53 Å². The highest BCUT2D eigenvalue weighted by molar-refractivity contribution is 6.32. The van der Waals surface area contributed by atoms with Crippen LogP contribution < -0.4 is 10.2 Å². The van der Waals surface area contributed by atoms with E-state index in [0.717, 1.165) is 31.5 Å². The van der Waals surface area contributed by atoms with E-state index in [4.69, 9.17) is 27.9 Å². The van der Waals surface area contributed by atoms with Gasteiger partial charge in [-0.05, 0) is 44.0 Å². The number of carbonyl (C=O) groups is 1. The Kier molecular flexibility index (Phi) is 6.80. The van der Waals surface area contributed by atoms with E-state index in [-0.39, 0.29) is 11.6 Å². The maximum Gasteiger partial charge on any atom is 0.289 e. The average molecular weight is 459 g/mol. The number of ether oxygens (including phenoxy) is 1. The first-order chi connectivity index (χ1) is 15.1. The summed E-state index contributed by atoms with van der Waals surface area (Å²) in [5.74, 6) is 0.116. The molecular weight excluding hydrogens is 435 g/mol. The molecule has 31 heavy (non-hydrogen) atoms. The van der Waals surface area contributed by atoms with Crippen LogP contribution >= 0.6 is 23.2 Å². The molecule has 1 aromatic heterocycles. The summed E-state index contributed by atoms with van der Waals surface area (Å²) >= 11 is 12.6. The number of amides is 1. The van der Waals surface area contributed by atoms with Gasteiger partial charge in [0.05, 0.1) is 17.3 Å². The highest BCUT2D eigenvalue weighted by Crippen LogP contribution is 2.37. The van der Waals surface area contributed by atoms with Gasteiger partial charge in [0.2, 0.25) is 0 Å². The molecule has 0 aliphatic carbocycles. The van der Waals surface area contributed by atoms with E-state index in [0.29, 0.717) is 33.8 Å². The van der Waals surface area contributed by atoms with Crippen molar-refractivity contribution in [3.8, 4) is 22.7 Å². The molecule has 0 saturated carbocycles. The van der Waals surface area contributed by atoms with Crippen molar-refractivity contribution in [2.75, 3.05) is 19.7 Å². The molecule has 8 heteroatoms. The quantitative estimate of drug-likeness (QED) is 0.538. The van der Waals surface area contributed by atoms with Gasteiger partial charge in [-0.3, -0.25) is 10.2 Å². The van der Waals surface area contributed by atoms with E-state index < -0.39 is 0 Å². The molecule has 2 aromatic carbocycles. The number of hydrogen-bond acceptors (Lipinski definition) is 4. The molecule has 1 amide bonds. The number of hydrazine groups is 1. The van der Waals surface area contributed by atoms with Gasteiger partial charge in [-0.15, -0.1) is 0 Å². The van der Waals surface area contributed by atoms with E-state index in [1.165, 1.54) is 6.42 Å². The number of nitrogens with zero attached hydrogens (tertiary/aromatic N) is 3. The molecule has 0 spiro atoms. The standard InChI is InChI=1S/C23H24Cl2N4O2/c1-2-31-22-20(23(30)27-28-14-6-3-7-15-28)26-29(19-9-5-4-8-18(19)25)21(22)16-10-12-17(24)13-11-16/h4-5,8-13H,2-3,6-7,14-15H2,1H3,(H,27,30). The molecule has 1 aliphatic heterocycles. The Morgan fingerprint density at radius 3 is 2.45 bits per heavy atom. The molecule has 1 saturated heterocycles. The number of nitrogens with one attached hydrogen (secondary N) is 1. The van der Waals surface area contributed by atoms with Crippen LogP contribution in [0.5, 0.6) is 5.75 Å². The van der Waals surface area contributed by atoms with Gasteiger partial charge in [-0.1, -0.05) is 53.9 Å². The molecule has 0 unspecified atom stereocenters. The summed E-state index contributed by atoms with van der Waals surface area (Å²) in [6, 6.07) is 14.7. The molecule has 6 nitrogen and oxygen atoms in total. The van der Waals surface area contributed by atoms with Crippen LogP contribution in [0.15, 0.2) is 48.5 Å². The maximum absolute atomic E-state index is 13.2. The zero-order chi connectivity index (χ0) is 21.8. The van der Waals surface area contributed by atoms with Crippen LogP contribution in [-0.2, 0) is 0 Å². The second kappa shape index (κ2) is 9.73. The molecule has 0 atom stereocenters. The van der Waals surface area contributed by atoms with Gasteiger partial charge in [-0.25, -0.2) is 9.69 Å². The summed E-state index contributed by atoms with van der Waals surface area (Å²) < 4.78 is 7.63. The largest absolute Gasteiger partial charge is 0.489 e. The summed E-state index contributed by atoms with van der Waals surface area (Å²) in [4.78, 5) is 13.2. The zero-order valence-electron chi connectivity index (χ0n) is 17.3. The van der Waals surface area contributed by atoms with Crippen LogP contribution in [0.25, 0.3) is 16.9 Å². The Bertz CT molecular complexity index is 1060. The highest BCUT2D eigenvalue weighted by atomic mass is 35.5. The Labute approximate surface area is 191 Å². The third kappa shape index (κ3) is 4.71. The SMILES string of the molecule is CCOc1c(C(=O)NN2CCCCC2)nn(-c2ccccc2Cl)c1-c1ccc(Cl)cc1. The fraction of sp³-hybridized carbons (Fsp3) is 0.304. The first kappa shape index (κ1) is 21.7. The molecule has 4 rings (SSSR count). The number of aromatic nitrogens is 2. The minimum Gasteiger partial charge on any atom is -0.489 e. The Morgan fingerprint density at radius 1 is 1.06 bits per heavy atom. The van der Waals surface area contributed by atoms with Crippen LogP contribution in [0, 0.1) is 0 Å². The van der Waals surface area contributed by atoms with Crippen LogP contribution in [0.4, 0.5) is 0 Å². The van der Waals surface area contributed by atoms with Crippen LogP contribution in [0.1, 0.15) is 36.7 Å². The second-order valence-corrected chi connectivity index (χ2v) is 8.16. The highest BCUT2D eigenvalue weighted by Gasteiger charge is 2.28. The van der Waals surface area contributed by atoms with Gasteiger partial charge in [0, 0.05) is 23.7 Å². The molecule has 3 aromatic rings. The monoisotopic (exact) mass is 458 g/mol. The summed E-state index contributed by atoms with van der Waals surface area (Å²) in [6.45, 7) is 3.92. The minimum atomic E-state index is -0.300. The number of hydrogen-bond donors (Lipinski definition) is 1. The van der Waals surface area contributed by atoms with Crippen LogP contribution in [-0.4, -0.2) is 40.4 Å². The number of benzene rings is 2. The van der Waals surface area contributed by atoms with Crippen molar-refractivity contribution in [1.29, 1.82) is 0 Å². The summed E-state index contributed by atoms with van der Waals surface area (Å²) in [5, 5.41) is 7.74. The summed E-state index contributed by atoms with van der Waals surface area (Å²) in [6.07, 6.45) is 3.30. The van der Waals surface area contributed by atoms with Crippen molar-refractivity contribution in [2.24, 2.45) is 0 Å². The Balaban J connectivity index is 1.85. The molecule has 1 fully saturated rings. The smallest absolute Gasteiger partial charge is 0.289 e. The van der Waals surface area contributed by atoms with E-state index in [9.17, 15) is 4.79 Å². The minimum absolute atomic E-state index is 0.220. The third-order valence-corrected chi connectivity index (χ3v) is 5.73. The van der Waals surface area contributed by atoms with Crippen LogP contribution in [0.3, 0.4) is 0 Å². The average Bonchev–Trinajstić information content (AvgIpc) is 3.15. The number of carbonyl (C=O) groups excluding carboxylic acids is 1. The maximum atomic E-state index is 13.2. The Morgan fingerprint density at radius 2 is 1.77 bits per heavy atom. The predicted molar refractivity (Wildman–Crippen MR) is 123 cm³/mol. The Hall–Kier alpha value is -2.54. The first-order valence-corrected chi connectivity index (χ1v) is 11.2. The van der Waals surface area contributed by atoms with Crippen molar-refractivity contribution in [3.63, 3.8) is 0 Å². The first-order valence-electron chi connectivity index (χ1n) is 10.4. The normalized spacial score (nSPS) is 14.4. The summed E-state index contributed by atoms with van der Waals surface area (Å²) in [7, 11) is 0. The number of halogens is 2. The lowest BCUT2D eigenvalue weighted by Gasteiger charge is -2.26. The molecule has 0 radical (unpaired) electrons. The fourth-order valence-corrected chi connectivity index (χ4v) is 4.04. The third-order valence-electron chi connectivity index (χ3n) is 5.16. The molecule has 2 heterocycles. The topological polar surface area (TPSA) is 59.4 Å². The lowest BCUT2D eigenvalue weighted by Crippen LogP contribution is -2.45. The van der Waals surface area contributed by atoms with Crippen LogP contribution in [0.2, 0.25) is 10.0 Å². The lowest BCUT2D eigenvalue weighted by atomic mass is 10.1. The van der Waals surface area contributed by atoms with Gasteiger partial charge in [0.1, 0.15) is 5.69 Å². The van der Waals surface area contributed by atoms with Gasteiger partial charge in [0.25, 0.3) is 5.91 Å². The number of para-hydroxylation sites is 1. The van der Waals surface area contributed by atoms with Crippen molar-refractivity contribution in [1.82, 2.24) is 20.2 Å². The lowest BCUT2D eigenvalue weighted by molar-refractivity contribution is 0.0740. The van der Waals surface area contributed by atoms with Crippen molar-refractivity contribution in [2.45, 2.75) is 26.2 Å². The molecule has 1 N–H and O–H groups in total. The van der Waals surface area contributed by atoms with Gasteiger partial charge in [-0.2, -0.15) is 5.10 Å². The van der Waals surface area contributed by atoms with E-state index in [2.05, 4.69) is 10.5 Å². The fourth-order valence-electron chi connectivity index (χ4n) is 3.69. The van der Waals surface area contributed by atoms with Gasteiger partial charge >= 0.3 is 0 Å². The van der Waals surface area contributed by atoms with E-state index in [1.54, 1.807) is 22.9 Å². The number of piperidine rings is 1. The zero-order valence-corrected chi connectivity index (χ0v) is 18.8. The van der Waals surface area contributed by atoms with Crippen molar-refractivity contribution >= 4 is 29.1 Å². The predicted octanol–water partition coefficient (Wildman–Crippen LogP) is 5.38. The number of rotatable bonds is 6. The molecular formula is C23H24Cl2N4O2. The summed E-state index contributed by atoms with van der Waals surface area (Å²) in [5.41, 5.74) is 5.33. The van der Waals surface area contributed by atoms with Gasteiger partial charge < -0.3 is 4.74 Å². The van der Waals surface area contributed by atoms with Crippen molar-refractivity contribution in [3.05, 3.63) is 64.3 Å². The van der Waals surface area contributed by atoms with Gasteiger partial charge in [0.15, 0.2) is 11.4 Å².